The summed E-state index contributed by atoms with van der Waals surface area (Å²) < 4.78 is 34.2. The number of ether oxygens (including phenoxy) is 1. The molecule has 0 fully saturated rings. The Bertz CT molecular complexity index is 1460. The van der Waals surface area contributed by atoms with Crippen molar-refractivity contribution < 1.29 is 18.3 Å². The predicted molar refractivity (Wildman–Crippen MR) is 127 cm³/mol. The number of benzene rings is 3. The van der Waals surface area contributed by atoms with E-state index in [1.165, 1.54) is 11.0 Å². The van der Waals surface area contributed by atoms with Crippen LogP contribution in [0.2, 0.25) is 0 Å². The summed E-state index contributed by atoms with van der Waals surface area (Å²) in [7, 11) is 0. The van der Waals surface area contributed by atoms with Crippen LogP contribution in [-0.2, 0) is 6.54 Å². The van der Waals surface area contributed by atoms with E-state index in [1.54, 1.807) is 42.7 Å². The van der Waals surface area contributed by atoms with E-state index in [9.17, 15) is 13.6 Å². The molecule has 8 heteroatoms. The molecule has 5 nitrogen and oxygen atoms in total. The van der Waals surface area contributed by atoms with E-state index >= 15 is 0 Å². The Hall–Kier alpha value is -4.17. The summed E-state index contributed by atoms with van der Waals surface area (Å²) in [4.78, 5) is 23.5. The first-order chi connectivity index (χ1) is 16.6. The van der Waals surface area contributed by atoms with Crippen LogP contribution in [0.1, 0.15) is 15.9 Å². The van der Waals surface area contributed by atoms with Crippen molar-refractivity contribution in [2.45, 2.75) is 6.54 Å². The van der Waals surface area contributed by atoms with Crippen LogP contribution in [0.5, 0.6) is 11.5 Å². The highest BCUT2D eigenvalue weighted by Gasteiger charge is 2.23. The number of para-hydroxylation sites is 1. The van der Waals surface area contributed by atoms with Gasteiger partial charge in [-0.1, -0.05) is 41.7 Å². The Morgan fingerprint density at radius 3 is 2.56 bits per heavy atom. The standard InChI is InChI=1S/C26H17F2N3O2S/c27-19-13-22(28)24-23(14-19)34-26(30-24)31(16-17-6-5-11-29-15-17)25(32)18-7-4-10-21(12-18)33-20-8-2-1-3-9-20/h1-15H,16H2. The lowest BCUT2D eigenvalue weighted by Gasteiger charge is -2.20. The lowest BCUT2D eigenvalue weighted by molar-refractivity contribution is 0.0985. The molecule has 5 rings (SSSR count). The van der Waals surface area contributed by atoms with Crippen molar-refractivity contribution in [3.63, 3.8) is 0 Å². The summed E-state index contributed by atoms with van der Waals surface area (Å²) in [6, 6.07) is 21.6. The normalized spacial score (nSPS) is 10.9. The number of carbonyl (C=O) groups is 1. The molecule has 0 N–H and O–H groups in total. The van der Waals surface area contributed by atoms with Gasteiger partial charge in [0.15, 0.2) is 10.9 Å². The van der Waals surface area contributed by atoms with Crippen molar-refractivity contribution in [1.82, 2.24) is 9.97 Å². The van der Waals surface area contributed by atoms with E-state index in [2.05, 4.69) is 9.97 Å². The molecule has 0 aliphatic heterocycles. The molecule has 2 aromatic heterocycles. The number of hydrogen-bond donors (Lipinski definition) is 0. The maximum atomic E-state index is 14.3. The molecule has 168 valence electrons. The van der Waals surface area contributed by atoms with E-state index in [4.69, 9.17) is 4.74 Å². The third-order valence-electron chi connectivity index (χ3n) is 5.00. The summed E-state index contributed by atoms with van der Waals surface area (Å²) in [5.74, 6) is -0.693. The molecule has 5 aromatic rings. The van der Waals surface area contributed by atoms with Gasteiger partial charge in [0, 0.05) is 24.0 Å². The van der Waals surface area contributed by atoms with Crippen LogP contribution in [-0.4, -0.2) is 15.9 Å². The fourth-order valence-corrected chi connectivity index (χ4v) is 4.44. The van der Waals surface area contributed by atoms with Crippen molar-refractivity contribution >= 4 is 32.6 Å². The van der Waals surface area contributed by atoms with Crippen LogP contribution in [0, 0.1) is 11.6 Å². The Kier molecular flexibility index (Phi) is 5.97. The Balaban J connectivity index is 1.52. The maximum Gasteiger partial charge on any atom is 0.260 e. The predicted octanol–water partition coefficient (Wildman–Crippen LogP) is 6.61. The van der Waals surface area contributed by atoms with E-state index in [1.807, 2.05) is 36.4 Å². The molecular weight excluding hydrogens is 456 g/mol. The number of nitrogens with zero attached hydrogens (tertiary/aromatic N) is 3. The van der Waals surface area contributed by atoms with Gasteiger partial charge in [0.25, 0.3) is 5.91 Å². The van der Waals surface area contributed by atoms with Gasteiger partial charge in [0.1, 0.15) is 22.8 Å². The molecule has 1 amide bonds. The molecule has 0 aliphatic carbocycles. The number of amides is 1. The maximum absolute atomic E-state index is 14.3. The number of pyridine rings is 1. The van der Waals surface area contributed by atoms with Gasteiger partial charge in [-0.05, 0) is 48.0 Å². The number of carbonyl (C=O) groups excluding carboxylic acids is 1. The number of fused-ring (bicyclic) bond motifs is 1. The van der Waals surface area contributed by atoms with Crippen molar-refractivity contribution in [3.8, 4) is 11.5 Å². The first-order valence-electron chi connectivity index (χ1n) is 10.4. The Morgan fingerprint density at radius 2 is 1.76 bits per heavy atom. The highest BCUT2D eigenvalue weighted by atomic mass is 32.1. The summed E-state index contributed by atoms with van der Waals surface area (Å²) in [6.45, 7) is 0.153. The third-order valence-corrected chi connectivity index (χ3v) is 6.03. The number of aromatic nitrogens is 2. The van der Waals surface area contributed by atoms with Gasteiger partial charge >= 0.3 is 0 Å². The second-order valence-electron chi connectivity index (χ2n) is 7.43. The van der Waals surface area contributed by atoms with Crippen LogP contribution in [0.15, 0.2) is 91.3 Å². The number of thiazole rings is 1. The molecule has 0 aliphatic rings. The largest absolute Gasteiger partial charge is 0.457 e. The molecule has 0 saturated carbocycles. The minimum absolute atomic E-state index is 0.0200. The van der Waals surface area contributed by atoms with Gasteiger partial charge < -0.3 is 4.74 Å². The lowest BCUT2D eigenvalue weighted by atomic mass is 10.1. The van der Waals surface area contributed by atoms with Crippen LogP contribution in [0.25, 0.3) is 10.2 Å². The van der Waals surface area contributed by atoms with Gasteiger partial charge in [0.05, 0.1) is 11.2 Å². The van der Waals surface area contributed by atoms with Crippen LogP contribution < -0.4 is 9.64 Å². The molecule has 0 bridgehead atoms. The molecule has 0 radical (unpaired) electrons. The second-order valence-corrected chi connectivity index (χ2v) is 8.44. The number of anilines is 1. The summed E-state index contributed by atoms with van der Waals surface area (Å²) in [5.41, 5.74) is 1.15. The summed E-state index contributed by atoms with van der Waals surface area (Å²) in [5, 5.41) is 0.253. The third kappa shape index (κ3) is 4.62. The van der Waals surface area contributed by atoms with Crippen molar-refractivity contribution in [2.24, 2.45) is 0 Å². The molecule has 34 heavy (non-hydrogen) atoms. The summed E-state index contributed by atoms with van der Waals surface area (Å²) >= 11 is 1.05. The van der Waals surface area contributed by atoms with E-state index in [-0.39, 0.29) is 23.1 Å². The number of rotatable bonds is 6. The highest BCUT2D eigenvalue weighted by Crippen LogP contribution is 2.33. The zero-order chi connectivity index (χ0) is 23.5. The first kappa shape index (κ1) is 21.7. The monoisotopic (exact) mass is 473 g/mol. The van der Waals surface area contributed by atoms with Gasteiger partial charge in [-0.3, -0.25) is 14.7 Å². The van der Waals surface area contributed by atoms with E-state index in [0.29, 0.717) is 21.8 Å². The number of halogens is 2. The van der Waals surface area contributed by atoms with Gasteiger partial charge in [-0.2, -0.15) is 0 Å². The first-order valence-corrected chi connectivity index (χ1v) is 11.2. The van der Waals surface area contributed by atoms with Gasteiger partial charge in [-0.25, -0.2) is 13.8 Å². The number of hydrogen-bond acceptors (Lipinski definition) is 5. The van der Waals surface area contributed by atoms with E-state index in [0.717, 1.165) is 23.0 Å². The highest BCUT2D eigenvalue weighted by molar-refractivity contribution is 7.22. The molecule has 0 spiro atoms. The van der Waals surface area contributed by atoms with Gasteiger partial charge in [-0.15, -0.1) is 0 Å². The molecular formula is C26H17F2N3O2S. The zero-order valence-corrected chi connectivity index (χ0v) is 18.5. The van der Waals surface area contributed by atoms with Gasteiger partial charge in [0.2, 0.25) is 0 Å². The van der Waals surface area contributed by atoms with Crippen molar-refractivity contribution in [1.29, 1.82) is 0 Å². The Labute approximate surface area is 197 Å². The quantitative estimate of drug-likeness (QED) is 0.279. The molecule has 2 heterocycles. The fraction of sp³-hybridized carbons (Fsp3) is 0.0385. The van der Waals surface area contributed by atoms with Crippen molar-refractivity contribution in [2.75, 3.05) is 4.90 Å². The fourth-order valence-electron chi connectivity index (χ4n) is 3.43. The smallest absolute Gasteiger partial charge is 0.260 e. The lowest BCUT2D eigenvalue weighted by Crippen LogP contribution is -2.30. The molecule has 0 saturated heterocycles. The second kappa shape index (κ2) is 9.36. The average molecular weight is 474 g/mol. The average Bonchev–Trinajstić information content (AvgIpc) is 3.28. The molecule has 0 unspecified atom stereocenters. The van der Waals surface area contributed by atoms with E-state index < -0.39 is 11.6 Å². The summed E-state index contributed by atoms with van der Waals surface area (Å²) in [6.07, 6.45) is 3.28. The minimum Gasteiger partial charge on any atom is -0.457 e. The van der Waals surface area contributed by atoms with Crippen LogP contribution in [0.4, 0.5) is 13.9 Å². The zero-order valence-electron chi connectivity index (χ0n) is 17.7. The van der Waals surface area contributed by atoms with Crippen molar-refractivity contribution in [3.05, 3.63) is 114 Å². The SMILES string of the molecule is O=C(c1cccc(Oc2ccccc2)c1)N(Cc1cccnc1)c1nc2c(F)cc(F)cc2s1. The minimum atomic E-state index is -0.774. The molecule has 0 atom stereocenters. The van der Waals surface area contributed by atoms with Crippen LogP contribution >= 0.6 is 11.3 Å². The molecule has 3 aromatic carbocycles. The Morgan fingerprint density at radius 1 is 0.941 bits per heavy atom. The van der Waals surface area contributed by atoms with Crippen LogP contribution in [0.3, 0.4) is 0 Å². The topological polar surface area (TPSA) is 55.3 Å².